The molecule has 1 rings (SSSR count). The van der Waals surface area contributed by atoms with Crippen molar-refractivity contribution < 1.29 is 14.3 Å². The zero-order valence-corrected chi connectivity index (χ0v) is 12.5. The van der Waals surface area contributed by atoms with E-state index in [1.54, 1.807) is 26.4 Å². The van der Waals surface area contributed by atoms with Crippen LogP contribution in [0.1, 0.15) is 35.8 Å². The lowest BCUT2D eigenvalue weighted by Crippen LogP contribution is -2.35. The van der Waals surface area contributed by atoms with Crippen LogP contribution >= 0.6 is 0 Å². The van der Waals surface area contributed by atoms with Crippen LogP contribution in [0.4, 0.5) is 5.82 Å². The molecule has 0 aliphatic carbocycles. The van der Waals surface area contributed by atoms with Gasteiger partial charge in [-0.05, 0) is 18.1 Å². The Labute approximate surface area is 119 Å². The number of nitrogens with zero attached hydrogens (tertiary/aromatic N) is 1. The average Bonchev–Trinajstić information content (AvgIpc) is 2.42. The minimum atomic E-state index is -0.195. The van der Waals surface area contributed by atoms with Crippen LogP contribution in [-0.2, 0) is 9.47 Å². The molecule has 1 aromatic heterocycles. The van der Waals surface area contributed by atoms with Gasteiger partial charge in [0.15, 0.2) is 0 Å². The number of nitrogen functional groups attached to an aromatic ring is 1. The normalized spacial score (nSPS) is 12.4. The first-order valence-corrected chi connectivity index (χ1v) is 6.55. The van der Waals surface area contributed by atoms with Gasteiger partial charge in [-0.1, -0.05) is 13.8 Å². The molecule has 1 unspecified atom stereocenters. The first-order chi connectivity index (χ1) is 9.47. The van der Waals surface area contributed by atoms with Crippen molar-refractivity contribution in [2.24, 2.45) is 0 Å². The molecule has 20 heavy (non-hydrogen) atoms. The lowest BCUT2D eigenvalue weighted by molar-refractivity contribution is 0.0285. The van der Waals surface area contributed by atoms with Crippen LogP contribution in [-0.4, -0.2) is 44.4 Å². The maximum absolute atomic E-state index is 12.1. The number of ether oxygens (including phenoxy) is 2. The Balaban J connectivity index is 2.72. The predicted octanol–water partition coefficient (Wildman–Crippen LogP) is 1.18. The number of methoxy groups -OCH3 is 2. The van der Waals surface area contributed by atoms with Gasteiger partial charge in [0.05, 0.1) is 12.7 Å². The molecule has 0 fully saturated rings. The molecule has 0 bridgehead atoms. The second kappa shape index (κ2) is 7.81. The van der Waals surface area contributed by atoms with E-state index in [0.717, 1.165) is 5.69 Å². The molecule has 112 valence electrons. The molecule has 0 aliphatic rings. The van der Waals surface area contributed by atoms with E-state index in [0.29, 0.717) is 24.5 Å². The quantitative estimate of drug-likeness (QED) is 0.783. The van der Waals surface area contributed by atoms with Gasteiger partial charge >= 0.3 is 0 Å². The summed E-state index contributed by atoms with van der Waals surface area (Å²) in [7, 11) is 3.17. The average molecular weight is 281 g/mol. The monoisotopic (exact) mass is 281 g/mol. The fourth-order valence-corrected chi connectivity index (χ4v) is 1.71. The summed E-state index contributed by atoms with van der Waals surface area (Å²) < 4.78 is 10.2. The number of hydrogen-bond donors (Lipinski definition) is 2. The second-order valence-corrected chi connectivity index (χ2v) is 4.88. The largest absolute Gasteiger partial charge is 0.384 e. The summed E-state index contributed by atoms with van der Waals surface area (Å²) in [5.41, 5.74) is 7.04. The zero-order chi connectivity index (χ0) is 15.1. The summed E-state index contributed by atoms with van der Waals surface area (Å²) in [5.74, 6) is 0.367. The molecule has 0 saturated heterocycles. The van der Waals surface area contributed by atoms with Gasteiger partial charge < -0.3 is 20.5 Å². The molecule has 0 spiro atoms. The molecule has 0 radical (unpaired) electrons. The summed E-state index contributed by atoms with van der Waals surface area (Å²) in [6.07, 6.45) is -0.173. The van der Waals surface area contributed by atoms with Crippen LogP contribution in [0.5, 0.6) is 0 Å². The summed E-state index contributed by atoms with van der Waals surface area (Å²) in [6, 6.07) is 3.33. The lowest BCUT2D eigenvalue weighted by atomic mass is 10.1. The summed E-state index contributed by atoms with van der Waals surface area (Å²) in [5, 5.41) is 2.80. The highest BCUT2D eigenvalue weighted by Crippen LogP contribution is 2.15. The van der Waals surface area contributed by atoms with Gasteiger partial charge in [0, 0.05) is 32.0 Å². The van der Waals surface area contributed by atoms with Crippen LogP contribution in [0.2, 0.25) is 0 Å². The molecule has 1 heterocycles. The Morgan fingerprint density at radius 1 is 1.40 bits per heavy atom. The van der Waals surface area contributed by atoms with Gasteiger partial charge in [0.25, 0.3) is 5.91 Å². The van der Waals surface area contributed by atoms with Crippen LogP contribution < -0.4 is 11.1 Å². The fraction of sp³-hybridized carbons (Fsp3) is 0.571. The van der Waals surface area contributed by atoms with Gasteiger partial charge in [-0.2, -0.15) is 0 Å². The van der Waals surface area contributed by atoms with Crippen molar-refractivity contribution in [3.8, 4) is 0 Å². The number of hydrogen-bond acceptors (Lipinski definition) is 5. The Hall–Kier alpha value is -1.66. The van der Waals surface area contributed by atoms with E-state index in [4.69, 9.17) is 15.2 Å². The third-order valence-electron chi connectivity index (χ3n) is 2.89. The number of aromatic nitrogens is 1. The molecular weight excluding hydrogens is 258 g/mol. The van der Waals surface area contributed by atoms with Crippen LogP contribution in [0.25, 0.3) is 0 Å². The van der Waals surface area contributed by atoms with E-state index < -0.39 is 0 Å². The van der Waals surface area contributed by atoms with E-state index in [1.807, 2.05) is 13.8 Å². The van der Waals surface area contributed by atoms with Crippen LogP contribution in [0.15, 0.2) is 12.1 Å². The van der Waals surface area contributed by atoms with Gasteiger partial charge in [-0.15, -0.1) is 0 Å². The number of rotatable bonds is 7. The third kappa shape index (κ3) is 4.79. The van der Waals surface area contributed by atoms with Crippen LogP contribution in [0.3, 0.4) is 0 Å². The maximum Gasteiger partial charge on any atom is 0.251 e. The zero-order valence-electron chi connectivity index (χ0n) is 12.5. The van der Waals surface area contributed by atoms with Crippen molar-refractivity contribution in [2.75, 3.05) is 33.1 Å². The Morgan fingerprint density at radius 2 is 2.10 bits per heavy atom. The smallest absolute Gasteiger partial charge is 0.251 e. The number of nitrogens with two attached hydrogens (primary N) is 1. The summed E-state index contributed by atoms with van der Waals surface area (Å²) >= 11 is 0. The van der Waals surface area contributed by atoms with E-state index in [9.17, 15) is 4.79 Å². The molecule has 0 aromatic carbocycles. The van der Waals surface area contributed by atoms with Crippen molar-refractivity contribution in [3.05, 3.63) is 23.4 Å². The number of carbonyl (C=O) groups excluding carboxylic acids is 1. The molecule has 3 N–H and O–H groups in total. The van der Waals surface area contributed by atoms with Gasteiger partial charge in [-0.25, -0.2) is 4.98 Å². The highest BCUT2D eigenvalue weighted by atomic mass is 16.5. The number of nitrogens with one attached hydrogen (secondary N) is 1. The van der Waals surface area contributed by atoms with Gasteiger partial charge in [-0.3, -0.25) is 4.79 Å². The van der Waals surface area contributed by atoms with E-state index in [2.05, 4.69) is 10.3 Å². The molecular formula is C14H23N3O3. The van der Waals surface area contributed by atoms with Crippen molar-refractivity contribution >= 4 is 11.7 Å². The number of pyridine rings is 1. The van der Waals surface area contributed by atoms with Crippen molar-refractivity contribution in [2.45, 2.75) is 25.9 Å². The predicted molar refractivity (Wildman–Crippen MR) is 77.7 cm³/mol. The highest BCUT2D eigenvalue weighted by Gasteiger charge is 2.13. The fourth-order valence-electron chi connectivity index (χ4n) is 1.71. The third-order valence-corrected chi connectivity index (χ3v) is 2.89. The van der Waals surface area contributed by atoms with Crippen molar-refractivity contribution in [3.63, 3.8) is 0 Å². The molecule has 1 aromatic rings. The molecule has 0 saturated carbocycles. The summed E-state index contributed by atoms with van der Waals surface area (Å²) in [6.45, 7) is 4.81. The lowest BCUT2D eigenvalue weighted by Gasteiger charge is -2.15. The second-order valence-electron chi connectivity index (χ2n) is 4.88. The van der Waals surface area contributed by atoms with Crippen LogP contribution in [0, 0.1) is 0 Å². The molecule has 1 amide bonds. The minimum Gasteiger partial charge on any atom is -0.384 e. The first kappa shape index (κ1) is 16.4. The minimum absolute atomic E-state index is 0.173. The summed E-state index contributed by atoms with van der Waals surface area (Å²) in [4.78, 5) is 16.3. The standard InChI is InChI=1S/C14H23N3O3/c1-9(2)12-5-10(6-13(15)17-12)14(18)16-7-11(20-4)8-19-3/h5-6,9,11H,7-8H2,1-4H3,(H2,15,17)(H,16,18). The first-order valence-electron chi connectivity index (χ1n) is 6.55. The molecule has 6 heteroatoms. The Kier molecular flexibility index (Phi) is 6.41. The molecule has 6 nitrogen and oxygen atoms in total. The number of amides is 1. The number of carbonyl (C=O) groups is 1. The topological polar surface area (TPSA) is 86.5 Å². The Bertz CT molecular complexity index is 449. The van der Waals surface area contributed by atoms with Gasteiger partial charge in [0.1, 0.15) is 5.82 Å². The molecule has 0 aliphatic heterocycles. The maximum atomic E-state index is 12.1. The Morgan fingerprint density at radius 3 is 2.65 bits per heavy atom. The van der Waals surface area contributed by atoms with E-state index >= 15 is 0 Å². The molecule has 1 atom stereocenters. The van der Waals surface area contributed by atoms with Crippen molar-refractivity contribution in [1.29, 1.82) is 0 Å². The highest BCUT2D eigenvalue weighted by molar-refractivity contribution is 5.94. The van der Waals surface area contributed by atoms with Gasteiger partial charge in [0.2, 0.25) is 0 Å². The SMILES string of the molecule is COCC(CNC(=O)c1cc(N)nc(C(C)C)c1)OC. The van der Waals surface area contributed by atoms with E-state index in [1.165, 1.54) is 0 Å². The number of anilines is 1. The van der Waals surface area contributed by atoms with E-state index in [-0.39, 0.29) is 17.9 Å². The van der Waals surface area contributed by atoms with Crippen molar-refractivity contribution in [1.82, 2.24) is 10.3 Å².